The van der Waals surface area contributed by atoms with E-state index in [0.29, 0.717) is 34.7 Å². The maximum atomic E-state index is 12.5. The van der Waals surface area contributed by atoms with Crippen LogP contribution >= 0.6 is 0 Å². The van der Waals surface area contributed by atoms with Crippen molar-refractivity contribution in [2.45, 2.75) is 6.92 Å². The Morgan fingerprint density at radius 2 is 1.43 bits per heavy atom. The van der Waals surface area contributed by atoms with E-state index in [-0.39, 0.29) is 11.7 Å². The molecule has 0 aliphatic heterocycles. The number of hydrogen-bond acceptors (Lipinski definition) is 6. The van der Waals surface area contributed by atoms with Crippen LogP contribution in [-0.4, -0.2) is 30.6 Å². The summed E-state index contributed by atoms with van der Waals surface area (Å²) >= 11 is 0. The first kappa shape index (κ1) is 27.5. The predicted octanol–water partition coefficient (Wildman–Crippen LogP) is 5.72. The second kappa shape index (κ2) is 13.9. The van der Waals surface area contributed by atoms with Gasteiger partial charge in [0.05, 0.1) is 12.8 Å². The van der Waals surface area contributed by atoms with Crippen LogP contribution in [0.5, 0.6) is 11.5 Å². The molecule has 0 bridgehead atoms. The number of carbonyl (C=O) groups is 3. The maximum Gasteiger partial charge on any atom is 0.336 e. The lowest BCUT2D eigenvalue weighted by Gasteiger charge is -2.10. The molecule has 4 aromatic rings. The summed E-state index contributed by atoms with van der Waals surface area (Å²) in [5.74, 6) is -0.557. The minimum atomic E-state index is -0.538. The summed E-state index contributed by atoms with van der Waals surface area (Å²) in [6.07, 6.45) is 4.47. The Morgan fingerprint density at radius 1 is 0.750 bits per heavy atom. The summed E-state index contributed by atoms with van der Waals surface area (Å²) in [5.41, 5.74) is 5.45. The third kappa shape index (κ3) is 8.00. The molecule has 200 valence electrons. The fraction of sp³-hybridized carbons (Fsp3) is 0.0625. The van der Waals surface area contributed by atoms with Crippen LogP contribution in [0.3, 0.4) is 0 Å². The standard InChI is InChI=1S/C32H27N3O5/c1-2-39-29-21-24(13-19-28(29)40-30(36)20-14-23-9-5-3-6-10-23)22-33-35-32(38)26-15-17-27(18-16-26)34-31(37)25-11-7-4-8-12-25/h3-22H,2H2,1H3,(H,34,37)(H,35,38)/b20-14+,33-22+. The first-order chi connectivity index (χ1) is 19.5. The zero-order valence-electron chi connectivity index (χ0n) is 21.7. The molecule has 8 heteroatoms. The highest BCUT2D eigenvalue weighted by Crippen LogP contribution is 2.28. The lowest BCUT2D eigenvalue weighted by molar-refractivity contribution is -0.129. The van der Waals surface area contributed by atoms with Crippen molar-refractivity contribution < 1.29 is 23.9 Å². The van der Waals surface area contributed by atoms with E-state index in [0.717, 1.165) is 5.56 Å². The van der Waals surface area contributed by atoms with Crippen LogP contribution in [0.1, 0.15) is 38.8 Å². The molecule has 2 N–H and O–H groups in total. The van der Waals surface area contributed by atoms with Gasteiger partial charge in [-0.25, -0.2) is 10.2 Å². The number of hydrazone groups is 1. The molecule has 0 unspecified atom stereocenters. The van der Waals surface area contributed by atoms with Crippen molar-refractivity contribution in [3.8, 4) is 11.5 Å². The second-order valence-corrected chi connectivity index (χ2v) is 8.40. The Labute approximate surface area is 232 Å². The largest absolute Gasteiger partial charge is 0.490 e. The highest BCUT2D eigenvalue weighted by molar-refractivity contribution is 6.04. The van der Waals surface area contributed by atoms with Crippen LogP contribution in [0.25, 0.3) is 6.08 Å². The van der Waals surface area contributed by atoms with Crippen LogP contribution in [0.15, 0.2) is 114 Å². The predicted molar refractivity (Wildman–Crippen MR) is 155 cm³/mol. The quantitative estimate of drug-likeness (QED) is 0.0892. The van der Waals surface area contributed by atoms with Crippen molar-refractivity contribution in [3.63, 3.8) is 0 Å². The summed E-state index contributed by atoms with van der Waals surface area (Å²) in [6, 6.07) is 29.7. The van der Waals surface area contributed by atoms with Crippen molar-refractivity contribution >= 4 is 35.8 Å². The van der Waals surface area contributed by atoms with Crippen LogP contribution in [-0.2, 0) is 4.79 Å². The van der Waals surface area contributed by atoms with E-state index >= 15 is 0 Å². The SMILES string of the molecule is CCOc1cc(/C=N/NC(=O)c2ccc(NC(=O)c3ccccc3)cc2)ccc1OC(=O)/C=C/c1ccccc1. The van der Waals surface area contributed by atoms with E-state index in [9.17, 15) is 14.4 Å². The van der Waals surface area contributed by atoms with Gasteiger partial charge in [-0.2, -0.15) is 5.10 Å². The van der Waals surface area contributed by atoms with Crippen molar-refractivity contribution in [2.24, 2.45) is 5.10 Å². The van der Waals surface area contributed by atoms with E-state index < -0.39 is 11.9 Å². The number of anilines is 1. The number of nitrogens with zero attached hydrogens (tertiary/aromatic N) is 1. The van der Waals surface area contributed by atoms with E-state index in [1.54, 1.807) is 72.8 Å². The smallest absolute Gasteiger partial charge is 0.336 e. The minimum Gasteiger partial charge on any atom is -0.490 e. The molecule has 0 aliphatic carbocycles. The molecule has 0 saturated heterocycles. The highest BCUT2D eigenvalue weighted by atomic mass is 16.6. The number of hydrogen-bond donors (Lipinski definition) is 2. The highest BCUT2D eigenvalue weighted by Gasteiger charge is 2.10. The number of ether oxygens (including phenoxy) is 2. The monoisotopic (exact) mass is 533 g/mol. The number of esters is 1. The summed E-state index contributed by atoms with van der Waals surface area (Å²) in [4.78, 5) is 37.1. The van der Waals surface area contributed by atoms with Crippen LogP contribution < -0.4 is 20.2 Å². The van der Waals surface area contributed by atoms with Gasteiger partial charge in [0.1, 0.15) is 0 Å². The molecule has 0 fully saturated rings. The number of rotatable bonds is 10. The molecule has 40 heavy (non-hydrogen) atoms. The Morgan fingerprint density at radius 3 is 2.12 bits per heavy atom. The summed E-state index contributed by atoms with van der Waals surface area (Å²) in [6.45, 7) is 2.18. The molecular weight excluding hydrogens is 506 g/mol. The van der Waals surface area contributed by atoms with Crippen LogP contribution in [0.2, 0.25) is 0 Å². The molecule has 4 aromatic carbocycles. The van der Waals surface area contributed by atoms with Gasteiger partial charge >= 0.3 is 5.97 Å². The lowest BCUT2D eigenvalue weighted by Crippen LogP contribution is -2.18. The average molecular weight is 534 g/mol. The zero-order valence-corrected chi connectivity index (χ0v) is 21.7. The third-order valence-electron chi connectivity index (χ3n) is 5.51. The Balaban J connectivity index is 1.33. The molecule has 2 amide bonds. The number of carbonyl (C=O) groups excluding carboxylic acids is 3. The van der Waals surface area contributed by atoms with Crippen molar-refractivity contribution in [2.75, 3.05) is 11.9 Å². The minimum absolute atomic E-state index is 0.238. The molecule has 0 heterocycles. The first-order valence-corrected chi connectivity index (χ1v) is 12.5. The van der Waals surface area contributed by atoms with Gasteiger partial charge in [0.2, 0.25) is 0 Å². The van der Waals surface area contributed by atoms with E-state index in [1.807, 2.05) is 43.3 Å². The maximum absolute atomic E-state index is 12.5. The first-order valence-electron chi connectivity index (χ1n) is 12.5. The third-order valence-corrected chi connectivity index (χ3v) is 5.51. The number of amides is 2. The fourth-order valence-electron chi connectivity index (χ4n) is 3.56. The van der Waals surface area contributed by atoms with Gasteiger partial charge in [0.25, 0.3) is 11.8 Å². The van der Waals surface area contributed by atoms with Gasteiger partial charge in [0.15, 0.2) is 11.5 Å². The Hall–Kier alpha value is -5.50. The molecule has 0 aromatic heterocycles. The normalized spacial score (nSPS) is 10.8. The van der Waals surface area contributed by atoms with Crippen molar-refractivity contribution in [1.29, 1.82) is 0 Å². The van der Waals surface area contributed by atoms with Crippen LogP contribution in [0.4, 0.5) is 5.69 Å². The van der Waals surface area contributed by atoms with Crippen LogP contribution in [0, 0.1) is 0 Å². The van der Waals surface area contributed by atoms with Crippen molar-refractivity contribution in [3.05, 3.63) is 131 Å². The molecule has 8 nitrogen and oxygen atoms in total. The Bertz CT molecular complexity index is 1520. The summed E-state index contributed by atoms with van der Waals surface area (Å²) in [7, 11) is 0. The van der Waals surface area contributed by atoms with Gasteiger partial charge in [0, 0.05) is 22.9 Å². The zero-order chi connectivity index (χ0) is 28.2. The van der Waals surface area contributed by atoms with E-state index in [1.165, 1.54) is 12.3 Å². The average Bonchev–Trinajstić information content (AvgIpc) is 2.99. The summed E-state index contributed by atoms with van der Waals surface area (Å²) in [5, 5.41) is 6.80. The molecule has 0 saturated carbocycles. The lowest BCUT2D eigenvalue weighted by atomic mass is 10.1. The molecule has 0 aliphatic rings. The molecule has 0 spiro atoms. The van der Waals surface area contributed by atoms with Gasteiger partial charge in [-0.3, -0.25) is 9.59 Å². The Kier molecular flexibility index (Phi) is 9.55. The number of benzene rings is 4. The molecule has 0 radical (unpaired) electrons. The van der Waals surface area contributed by atoms with Gasteiger partial charge in [-0.1, -0.05) is 48.5 Å². The second-order valence-electron chi connectivity index (χ2n) is 8.40. The van der Waals surface area contributed by atoms with Gasteiger partial charge in [-0.15, -0.1) is 0 Å². The van der Waals surface area contributed by atoms with E-state index in [4.69, 9.17) is 9.47 Å². The van der Waals surface area contributed by atoms with E-state index in [2.05, 4.69) is 15.8 Å². The summed E-state index contributed by atoms with van der Waals surface area (Å²) < 4.78 is 11.1. The van der Waals surface area contributed by atoms with Gasteiger partial charge < -0.3 is 14.8 Å². The fourth-order valence-corrected chi connectivity index (χ4v) is 3.56. The topological polar surface area (TPSA) is 106 Å². The van der Waals surface area contributed by atoms with Crippen molar-refractivity contribution in [1.82, 2.24) is 5.43 Å². The molecule has 0 atom stereocenters. The van der Waals surface area contributed by atoms with Gasteiger partial charge in [-0.05, 0) is 78.7 Å². The molecule has 4 rings (SSSR count). The number of nitrogens with one attached hydrogen (secondary N) is 2. The molecular formula is C32H27N3O5.